The largest absolute Gasteiger partial charge is 0.484 e. The molecule has 0 aliphatic carbocycles. The lowest BCUT2D eigenvalue weighted by Gasteiger charge is -2.19. The van der Waals surface area contributed by atoms with Gasteiger partial charge in [0.25, 0.3) is 0 Å². The van der Waals surface area contributed by atoms with Crippen molar-refractivity contribution in [2.24, 2.45) is 0 Å². The molecular formula is C16H18Cl3NO2. The van der Waals surface area contributed by atoms with Crippen LogP contribution in [0, 0.1) is 6.92 Å². The number of benzene rings is 1. The summed E-state index contributed by atoms with van der Waals surface area (Å²) < 4.78 is 11.9. The standard InChI is InChI=1S/C16H17Cl2NO2.ClH/c1-10-8-11-13(6-7-19(2)9-15(11)20-10)21-14-5-3-4-12(17)16(14)18;/h3-5,8,13H,6-7,9H2,1-2H3;1H. The lowest BCUT2D eigenvalue weighted by molar-refractivity contribution is 0.182. The van der Waals surface area contributed by atoms with Crippen molar-refractivity contribution in [3.63, 3.8) is 0 Å². The van der Waals surface area contributed by atoms with E-state index < -0.39 is 0 Å². The van der Waals surface area contributed by atoms with E-state index in [1.54, 1.807) is 6.07 Å². The molecule has 0 amide bonds. The first-order chi connectivity index (χ1) is 10.0. The van der Waals surface area contributed by atoms with E-state index in [1.807, 2.05) is 19.1 Å². The van der Waals surface area contributed by atoms with Crippen LogP contribution in [-0.2, 0) is 6.54 Å². The highest BCUT2D eigenvalue weighted by atomic mass is 35.5. The molecule has 0 radical (unpaired) electrons. The number of nitrogens with zero attached hydrogens (tertiary/aromatic N) is 1. The average Bonchev–Trinajstić information content (AvgIpc) is 2.73. The first-order valence-corrected chi connectivity index (χ1v) is 7.68. The van der Waals surface area contributed by atoms with Gasteiger partial charge in [0.15, 0.2) is 0 Å². The highest BCUT2D eigenvalue weighted by molar-refractivity contribution is 6.42. The predicted molar refractivity (Wildman–Crippen MR) is 91.5 cm³/mol. The Labute approximate surface area is 146 Å². The monoisotopic (exact) mass is 361 g/mol. The summed E-state index contributed by atoms with van der Waals surface area (Å²) >= 11 is 12.3. The Bertz CT molecular complexity index is 657. The minimum atomic E-state index is -0.0710. The molecule has 1 unspecified atom stereocenters. The summed E-state index contributed by atoms with van der Waals surface area (Å²) in [6, 6.07) is 7.49. The number of hydrogen-bond donors (Lipinski definition) is 0. The smallest absolute Gasteiger partial charge is 0.140 e. The second-order valence-electron chi connectivity index (χ2n) is 5.42. The van der Waals surface area contributed by atoms with Gasteiger partial charge in [0.2, 0.25) is 0 Å². The molecule has 0 saturated heterocycles. The van der Waals surface area contributed by atoms with Gasteiger partial charge in [-0.2, -0.15) is 0 Å². The maximum absolute atomic E-state index is 6.22. The number of fused-ring (bicyclic) bond motifs is 1. The van der Waals surface area contributed by atoms with Crippen LogP contribution in [-0.4, -0.2) is 18.5 Å². The summed E-state index contributed by atoms with van der Waals surface area (Å²) in [5, 5.41) is 0.960. The number of aryl methyl sites for hydroxylation is 1. The third-order valence-corrected chi connectivity index (χ3v) is 4.49. The van der Waals surface area contributed by atoms with E-state index in [0.717, 1.165) is 36.6 Å². The molecule has 0 spiro atoms. The summed E-state index contributed by atoms with van der Waals surface area (Å²) in [4.78, 5) is 2.23. The van der Waals surface area contributed by atoms with E-state index in [1.165, 1.54) is 0 Å². The number of halogens is 3. The molecule has 2 heterocycles. The van der Waals surface area contributed by atoms with Gasteiger partial charge in [0.1, 0.15) is 28.4 Å². The van der Waals surface area contributed by atoms with E-state index >= 15 is 0 Å². The zero-order valence-electron chi connectivity index (χ0n) is 12.4. The molecule has 0 fully saturated rings. The van der Waals surface area contributed by atoms with Crippen molar-refractivity contribution in [2.45, 2.75) is 26.0 Å². The van der Waals surface area contributed by atoms with E-state index in [-0.39, 0.29) is 18.5 Å². The van der Waals surface area contributed by atoms with Gasteiger partial charge in [0, 0.05) is 18.5 Å². The van der Waals surface area contributed by atoms with Crippen LogP contribution in [0.1, 0.15) is 29.6 Å². The molecule has 0 N–H and O–H groups in total. The van der Waals surface area contributed by atoms with Crippen molar-refractivity contribution in [1.82, 2.24) is 4.90 Å². The fraction of sp³-hybridized carbons (Fsp3) is 0.375. The van der Waals surface area contributed by atoms with Crippen molar-refractivity contribution >= 4 is 35.6 Å². The van der Waals surface area contributed by atoms with E-state index in [0.29, 0.717) is 15.8 Å². The SMILES string of the molecule is Cc1cc2c(o1)CN(C)CCC2Oc1cccc(Cl)c1Cl.Cl. The molecule has 1 aromatic heterocycles. The van der Waals surface area contributed by atoms with Crippen molar-refractivity contribution in [3.8, 4) is 5.75 Å². The lowest BCUT2D eigenvalue weighted by Crippen LogP contribution is -2.18. The zero-order chi connectivity index (χ0) is 15.0. The van der Waals surface area contributed by atoms with Gasteiger partial charge < -0.3 is 9.15 Å². The fourth-order valence-corrected chi connectivity index (χ4v) is 2.98. The first-order valence-electron chi connectivity index (χ1n) is 6.93. The summed E-state index contributed by atoms with van der Waals surface area (Å²) in [7, 11) is 2.08. The van der Waals surface area contributed by atoms with Crippen LogP contribution in [0.15, 0.2) is 28.7 Å². The van der Waals surface area contributed by atoms with Crippen LogP contribution in [0.3, 0.4) is 0 Å². The summed E-state index contributed by atoms with van der Waals surface area (Å²) in [6.07, 6.45) is 0.809. The molecule has 1 aromatic carbocycles. The first kappa shape index (κ1) is 17.5. The molecule has 1 atom stereocenters. The molecule has 3 rings (SSSR count). The summed E-state index contributed by atoms with van der Waals surface area (Å²) in [5.74, 6) is 2.49. The molecule has 120 valence electrons. The normalized spacial score (nSPS) is 18.3. The van der Waals surface area contributed by atoms with Crippen molar-refractivity contribution in [2.75, 3.05) is 13.6 Å². The van der Waals surface area contributed by atoms with Gasteiger partial charge in [-0.3, -0.25) is 4.90 Å². The second-order valence-corrected chi connectivity index (χ2v) is 6.21. The van der Waals surface area contributed by atoms with Crippen molar-refractivity contribution in [3.05, 3.63) is 51.4 Å². The maximum Gasteiger partial charge on any atom is 0.140 e. The Morgan fingerprint density at radius 3 is 2.86 bits per heavy atom. The van der Waals surface area contributed by atoms with Crippen LogP contribution < -0.4 is 4.74 Å². The highest BCUT2D eigenvalue weighted by Gasteiger charge is 2.26. The Morgan fingerprint density at radius 1 is 1.32 bits per heavy atom. The minimum absolute atomic E-state index is 0. The molecule has 22 heavy (non-hydrogen) atoms. The highest BCUT2D eigenvalue weighted by Crippen LogP contribution is 2.37. The van der Waals surface area contributed by atoms with Gasteiger partial charge in [-0.15, -0.1) is 12.4 Å². The molecule has 0 saturated carbocycles. The van der Waals surface area contributed by atoms with E-state index in [2.05, 4.69) is 18.0 Å². The summed E-state index contributed by atoms with van der Waals surface area (Å²) in [5.41, 5.74) is 1.10. The van der Waals surface area contributed by atoms with Crippen LogP contribution in [0.2, 0.25) is 10.0 Å². The average molecular weight is 363 g/mol. The van der Waals surface area contributed by atoms with Gasteiger partial charge >= 0.3 is 0 Å². The molecule has 0 bridgehead atoms. The zero-order valence-corrected chi connectivity index (χ0v) is 14.8. The number of hydrogen-bond acceptors (Lipinski definition) is 3. The molecule has 6 heteroatoms. The van der Waals surface area contributed by atoms with Crippen molar-refractivity contribution in [1.29, 1.82) is 0 Å². The maximum atomic E-state index is 6.22. The third kappa shape index (κ3) is 3.54. The quantitative estimate of drug-likeness (QED) is 0.727. The van der Waals surface area contributed by atoms with E-state index in [4.69, 9.17) is 32.4 Å². The van der Waals surface area contributed by atoms with Crippen LogP contribution in [0.25, 0.3) is 0 Å². The van der Waals surface area contributed by atoms with Crippen LogP contribution >= 0.6 is 35.6 Å². The lowest BCUT2D eigenvalue weighted by atomic mass is 10.1. The number of furan rings is 1. The Hall–Kier alpha value is -0.870. The minimum Gasteiger partial charge on any atom is -0.484 e. The van der Waals surface area contributed by atoms with Crippen molar-refractivity contribution < 1.29 is 9.15 Å². The Morgan fingerprint density at radius 2 is 2.09 bits per heavy atom. The number of ether oxygens (including phenoxy) is 1. The topological polar surface area (TPSA) is 25.6 Å². The van der Waals surface area contributed by atoms with Crippen LogP contribution in [0.5, 0.6) is 5.75 Å². The number of rotatable bonds is 2. The molecule has 3 nitrogen and oxygen atoms in total. The molecule has 1 aliphatic rings. The summed E-state index contributed by atoms with van der Waals surface area (Å²) in [6.45, 7) is 3.69. The van der Waals surface area contributed by atoms with E-state index in [9.17, 15) is 0 Å². The molecule has 1 aliphatic heterocycles. The Kier molecular flexibility index (Phi) is 5.67. The van der Waals surface area contributed by atoms with Gasteiger partial charge in [0.05, 0.1) is 11.6 Å². The second kappa shape index (κ2) is 7.14. The fourth-order valence-electron chi connectivity index (χ4n) is 2.65. The van der Waals surface area contributed by atoms with Gasteiger partial charge in [-0.05, 0) is 32.2 Å². The van der Waals surface area contributed by atoms with Gasteiger partial charge in [-0.25, -0.2) is 0 Å². The third-order valence-electron chi connectivity index (χ3n) is 3.68. The molecule has 2 aromatic rings. The predicted octanol–water partition coefficient (Wildman–Crippen LogP) is 5.27. The molecular weight excluding hydrogens is 345 g/mol. The Balaban J connectivity index is 0.00000176. The van der Waals surface area contributed by atoms with Crippen LogP contribution in [0.4, 0.5) is 0 Å². The van der Waals surface area contributed by atoms with Gasteiger partial charge in [-0.1, -0.05) is 29.3 Å².